The summed E-state index contributed by atoms with van der Waals surface area (Å²) in [5.74, 6) is 0.874. The predicted molar refractivity (Wildman–Crippen MR) is 115 cm³/mol. The van der Waals surface area contributed by atoms with Crippen LogP contribution in [0.15, 0.2) is 88.9 Å². The van der Waals surface area contributed by atoms with Crippen LogP contribution in [-0.2, 0) is 0 Å². The van der Waals surface area contributed by atoms with Gasteiger partial charge in [0.15, 0.2) is 5.69 Å². The lowest BCUT2D eigenvalue weighted by Gasteiger charge is -2.36. The number of quaternary nitrogens is 1. The number of thiazole rings is 2. The maximum absolute atomic E-state index is 5.03. The molecular weight excluding hydrogens is 468 g/mol. The van der Waals surface area contributed by atoms with Crippen molar-refractivity contribution < 1.29 is 17.0 Å². The normalized spacial score (nSPS) is 19.1. The van der Waals surface area contributed by atoms with Crippen LogP contribution in [0.4, 0.5) is 16.0 Å². The summed E-state index contributed by atoms with van der Waals surface area (Å²) in [5, 5.41) is 14.7. The minimum Gasteiger partial charge on any atom is -1.00 e. The van der Waals surface area contributed by atoms with Gasteiger partial charge in [0.05, 0.1) is 12.6 Å². The molecule has 1 aliphatic rings. The molecule has 0 amide bonds. The number of hydrazone groups is 1. The first kappa shape index (κ1) is 19.9. The number of anilines is 1. The number of nitrogens with zero attached hydrogens (tertiary/aromatic N) is 6. The summed E-state index contributed by atoms with van der Waals surface area (Å²) < 4.78 is 0.266. The summed E-state index contributed by atoms with van der Waals surface area (Å²) in [6.07, 6.45) is 3.63. The van der Waals surface area contributed by atoms with Crippen molar-refractivity contribution in [3.63, 3.8) is 0 Å². The Bertz CT molecular complexity index is 1090. The first-order valence-corrected chi connectivity index (χ1v) is 10.5. The van der Waals surface area contributed by atoms with Crippen molar-refractivity contribution in [2.45, 2.75) is 0 Å². The molecule has 2 aromatic heterocycles. The summed E-state index contributed by atoms with van der Waals surface area (Å²) in [6, 6.07) is 20.6. The van der Waals surface area contributed by atoms with Crippen molar-refractivity contribution in [2.75, 3.05) is 12.2 Å². The Morgan fingerprint density at radius 2 is 1.48 bits per heavy atom. The third-order valence-corrected chi connectivity index (χ3v) is 6.23. The van der Waals surface area contributed by atoms with Gasteiger partial charge in [-0.3, -0.25) is 0 Å². The van der Waals surface area contributed by atoms with Crippen molar-refractivity contribution in [1.29, 1.82) is 0 Å². The Morgan fingerprint density at radius 1 is 0.828 bits per heavy atom. The van der Waals surface area contributed by atoms with Crippen molar-refractivity contribution in [1.82, 2.24) is 19.7 Å². The number of hydrazine groups is 1. The fourth-order valence-electron chi connectivity index (χ4n) is 3.43. The van der Waals surface area contributed by atoms with E-state index in [0.29, 0.717) is 0 Å². The lowest BCUT2D eigenvalue weighted by molar-refractivity contribution is -0.00000549. The fraction of sp³-hybridized carbons (Fsp3) is 0.0500. The van der Waals surface area contributed by atoms with Crippen LogP contribution >= 0.6 is 22.7 Å². The van der Waals surface area contributed by atoms with Crippen molar-refractivity contribution >= 4 is 44.5 Å². The van der Waals surface area contributed by atoms with E-state index in [1.165, 1.54) is 0 Å². The lowest BCUT2D eigenvalue weighted by atomic mass is 10.1. The van der Waals surface area contributed by atoms with Gasteiger partial charge in [-0.1, -0.05) is 57.4 Å². The van der Waals surface area contributed by atoms with E-state index in [2.05, 4.69) is 34.4 Å². The van der Waals surface area contributed by atoms with E-state index in [9.17, 15) is 0 Å². The molecule has 0 saturated carbocycles. The van der Waals surface area contributed by atoms with Crippen LogP contribution in [0.2, 0.25) is 0 Å². The van der Waals surface area contributed by atoms with Gasteiger partial charge < -0.3 is 17.0 Å². The summed E-state index contributed by atoms with van der Waals surface area (Å²) in [6.45, 7) is 0. The highest BCUT2D eigenvalue weighted by atomic mass is 79.9. The van der Waals surface area contributed by atoms with Gasteiger partial charge in [0, 0.05) is 35.3 Å². The molecule has 0 spiro atoms. The van der Waals surface area contributed by atoms with Crippen LogP contribution in [0.5, 0.6) is 0 Å². The fourth-order valence-corrected chi connectivity index (χ4v) is 4.88. The van der Waals surface area contributed by atoms with Gasteiger partial charge >= 0.3 is 5.13 Å². The second-order valence-electron chi connectivity index (χ2n) is 6.17. The average molecular weight is 485 g/mol. The van der Waals surface area contributed by atoms with Crippen LogP contribution in [0, 0.1) is 0 Å². The molecule has 9 heteroatoms. The topological polar surface area (TPSA) is 44.6 Å². The minimum atomic E-state index is 0. The molecule has 1 aliphatic heterocycles. The number of para-hydroxylation sites is 1. The zero-order valence-electron chi connectivity index (χ0n) is 15.5. The second kappa shape index (κ2) is 8.13. The Labute approximate surface area is 187 Å². The number of amidine groups is 1. The van der Waals surface area contributed by atoms with Gasteiger partial charge in [0.25, 0.3) is 5.84 Å². The molecule has 0 bridgehead atoms. The Kier molecular flexibility index (Phi) is 5.57. The molecule has 0 N–H and O–H groups in total. The Hall–Kier alpha value is -2.43. The van der Waals surface area contributed by atoms with E-state index < -0.39 is 0 Å². The molecule has 2 aromatic carbocycles. The van der Waals surface area contributed by atoms with Crippen LogP contribution in [0.25, 0.3) is 0 Å². The van der Waals surface area contributed by atoms with E-state index in [0.717, 1.165) is 27.3 Å². The minimum absolute atomic E-state index is 0. The standard InChI is InChI=1S/C20H17N6S2.BrH/c1-24-25(19-21-12-14-27-19)23-18(16-8-4-2-5-9-16)26(24,20-22-13-15-28-20)17-10-6-3-7-11-17;/h2-15H,1H3;1H/q+1;/p-1. The van der Waals surface area contributed by atoms with Crippen molar-refractivity contribution in [2.24, 2.45) is 5.10 Å². The number of aromatic nitrogens is 2. The number of halogens is 1. The summed E-state index contributed by atoms with van der Waals surface area (Å²) >= 11 is 3.16. The van der Waals surface area contributed by atoms with Crippen molar-refractivity contribution in [3.05, 3.63) is 89.4 Å². The summed E-state index contributed by atoms with van der Waals surface area (Å²) in [7, 11) is 2.02. The molecule has 0 fully saturated rings. The molecule has 29 heavy (non-hydrogen) atoms. The molecule has 0 saturated heterocycles. The van der Waals surface area contributed by atoms with Crippen LogP contribution in [0.3, 0.4) is 0 Å². The molecule has 6 nitrogen and oxygen atoms in total. The van der Waals surface area contributed by atoms with Gasteiger partial charge in [-0.15, -0.1) is 16.5 Å². The van der Waals surface area contributed by atoms with E-state index in [4.69, 9.17) is 10.1 Å². The highest BCUT2D eigenvalue weighted by molar-refractivity contribution is 7.14. The number of benzene rings is 2. The Balaban J connectivity index is 0.00000205. The molecule has 1 atom stereocenters. The largest absolute Gasteiger partial charge is 1.00 e. The molecule has 0 radical (unpaired) electrons. The van der Waals surface area contributed by atoms with E-state index >= 15 is 0 Å². The first-order valence-electron chi connectivity index (χ1n) is 8.75. The van der Waals surface area contributed by atoms with Crippen molar-refractivity contribution in [3.8, 4) is 0 Å². The van der Waals surface area contributed by atoms with Gasteiger partial charge in [-0.2, -0.15) is 4.98 Å². The zero-order valence-corrected chi connectivity index (χ0v) is 18.7. The van der Waals surface area contributed by atoms with Crippen LogP contribution in [0.1, 0.15) is 5.56 Å². The molecule has 4 aromatic rings. The average Bonchev–Trinajstić information content (AvgIpc) is 3.50. The third-order valence-electron chi connectivity index (χ3n) is 4.65. The smallest absolute Gasteiger partial charge is 0.319 e. The molecule has 0 aliphatic carbocycles. The number of hydrogen-bond donors (Lipinski definition) is 0. The quantitative estimate of drug-likeness (QED) is 0.415. The van der Waals surface area contributed by atoms with Gasteiger partial charge in [0.2, 0.25) is 5.13 Å². The predicted octanol–water partition coefficient (Wildman–Crippen LogP) is 1.89. The van der Waals surface area contributed by atoms with E-state index in [1.54, 1.807) is 28.9 Å². The molecule has 1 unspecified atom stereocenters. The second-order valence-corrected chi connectivity index (χ2v) is 7.91. The maximum Gasteiger partial charge on any atom is 0.319 e. The van der Waals surface area contributed by atoms with Gasteiger partial charge in [-0.05, 0) is 17.3 Å². The molecular formula is C20H17BrN6S2. The van der Waals surface area contributed by atoms with E-state index in [1.807, 2.05) is 65.5 Å². The lowest BCUT2D eigenvalue weighted by Crippen LogP contribution is -3.00. The maximum atomic E-state index is 5.03. The monoisotopic (exact) mass is 484 g/mol. The highest BCUT2D eigenvalue weighted by Gasteiger charge is 2.55. The zero-order chi connectivity index (χ0) is 19.0. The number of rotatable bonds is 4. The molecule has 146 valence electrons. The SMILES string of the molecule is CN1N(c2nccs2)N=C(c2ccccc2)[N+]1(c1ccccc1)c1nccs1.[Br-]. The van der Waals surface area contributed by atoms with Crippen LogP contribution in [-0.4, -0.2) is 28.0 Å². The van der Waals surface area contributed by atoms with Gasteiger partial charge in [0.1, 0.15) is 0 Å². The molecule has 3 heterocycles. The van der Waals surface area contributed by atoms with E-state index in [-0.39, 0.29) is 21.6 Å². The number of hydrogen-bond acceptors (Lipinski definition) is 7. The summed E-state index contributed by atoms with van der Waals surface area (Å²) in [5.41, 5.74) is 2.09. The first-order chi connectivity index (χ1) is 13.8. The third kappa shape index (κ3) is 3.11. The highest BCUT2D eigenvalue weighted by Crippen LogP contribution is 2.45. The Morgan fingerprint density at radius 3 is 2.10 bits per heavy atom. The van der Waals surface area contributed by atoms with Crippen LogP contribution < -0.4 is 26.7 Å². The van der Waals surface area contributed by atoms with Gasteiger partial charge in [-0.25, -0.2) is 4.98 Å². The summed E-state index contributed by atoms with van der Waals surface area (Å²) in [4.78, 5) is 9.20. The molecule has 5 rings (SSSR count).